The zero-order valence-corrected chi connectivity index (χ0v) is 13.4. The predicted molar refractivity (Wildman–Crippen MR) is 88.6 cm³/mol. The van der Waals surface area contributed by atoms with Crippen LogP contribution >= 0.6 is 15.9 Å². The Morgan fingerprint density at radius 2 is 1.81 bits per heavy atom. The molecule has 4 nitrogen and oxygen atoms in total. The summed E-state index contributed by atoms with van der Waals surface area (Å²) in [5.41, 5.74) is 3.22. The molecule has 0 saturated carbocycles. The summed E-state index contributed by atoms with van der Waals surface area (Å²) in [6.45, 7) is 3.63. The molecule has 0 saturated heterocycles. The Balaban J connectivity index is 2.01. The average Bonchev–Trinajstić information content (AvgIpc) is 2.42. The van der Waals surface area contributed by atoms with Crippen LogP contribution < -0.4 is 10.6 Å². The number of aryl methyl sites for hydroxylation is 1. The van der Waals surface area contributed by atoms with Crippen LogP contribution in [0.4, 0.5) is 16.2 Å². The summed E-state index contributed by atoms with van der Waals surface area (Å²) in [4.78, 5) is 12.0. The van der Waals surface area contributed by atoms with Gasteiger partial charge in [-0.25, -0.2) is 4.79 Å². The predicted octanol–water partition coefficient (Wildman–Crippen LogP) is 4.45. The fourth-order valence-corrected chi connectivity index (χ4v) is 2.37. The SMILES string of the molecule is Cc1cc(Br)ccc1NC(=O)Nc1ccc(C(C)O)cc1. The summed E-state index contributed by atoms with van der Waals surface area (Å²) in [5.74, 6) is 0. The van der Waals surface area contributed by atoms with Gasteiger partial charge in [0.15, 0.2) is 0 Å². The van der Waals surface area contributed by atoms with Crippen LogP contribution in [0, 0.1) is 6.92 Å². The van der Waals surface area contributed by atoms with Crippen molar-refractivity contribution in [2.24, 2.45) is 0 Å². The molecular formula is C16H17BrN2O2. The number of hydrogen-bond donors (Lipinski definition) is 3. The third-order valence-electron chi connectivity index (χ3n) is 3.09. The number of halogens is 1. The number of benzene rings is 2. The zero-order chi connectivity index (χ0) is 15.4. The Morgan fingerprint density at radius 3 is 2.38 bits per heavy atom. The van der Waals surface area contributed by atoms with Crippen LogP contribution in [-0.4, -0.2) is 11.1 Å². The van der Waals surface area contributed by atoms with Crippen LogP contribution in [0.15, 0.2) is 46.9 Å². The minimum Gasteiger partial charge on any atom is -0.389 e. The number of anilines is 2. The average molecular weight is 349 g/mol. The first-order chi connectivity index (χ1) is 9.95. The molecule has 1 unspecified atom stereocenters. The lowest BCUT2D eigenvalue weighted by Gasteiger charge is -2.11. The standard InChI is InChI=1S/C16H17BrN2O2/c1-10-9-13(17)5-8-15(10)19-16(21)18-14-6-3-12(4-7-14)11(2)20/h3-9,11,20H,1-2H3,(H2,18,19,21). The Bertz CT molecular complexity index is 639. The van der Waals surface area contributed by atoms with Gasteiger partial charge in [-0.05, 0) is 55.3 Å². The largest absolute Gasteiger partial charge is 0.389 e. The highest BCUT2D eigenvalue weighted by atomic mass is 79.9. The van der Waals surface area contributed by atoms with E-state index in [1.165, 1.54) is 0 Å². The van der Waals surface area contributed by atoms with E-state index in [9.17, 15) is 9.90 Å². The lowest BCUT2D eigenvalue weighted by atomic mass is 10.1. The highest BCUT2D eigenvalue weighted by Crippen LogP contribution is 2.20. The van der Waals surface area contributed by atoms with Gasteiger partial charge in [-0.3, -0.25) is 0 Å². The number of carbonyl (C=O) groups excluding carboxylic acids is 1. The summed E-state index contributed by atoms with van der Waals surface area (Å²) < 4.78 is 0.972. The Hall–Kier alpha value is -1.85. The second-order valence-electron chi connectivity index (χ2n) is 4.84. The molecule has 0 aliphatic heterocycles. The van der Waals surface area contributed by atoms with Crippen molar-refractivity contribution < 1.29 is 9.90 Å². The zero-order valence-electron chi connectivity index (χ0n) is 11.9. The third kappa shape index (κ3) is 4.31. The van der Waals surface area contributed by atoms with Crippen molar-refractivity contribution in [2.45, 2.75) is 20.0 Å². The van der Waals surface area contributed by atoms with Gasteiger partial charge >= 0.3 is 6.03 Å². The molecule has 5 heteroatoms. The quantitative estimate of drug-likeness (QED) is 0.766. The van der Waals surface area contributed by atoms with Gasteiger partial charge in [-0.15, -0.1) is 0 Å². The molecular weight excluding hydrogens is 332 g/mol. The lowest BCUT2D eigenvalue weighted by molar-refractivity contribution is 0.199. The first kappa shape index (κ1) is 15.5. The van der Waals surface area contributed by atoms with Crippen molar-refractivity contribution in [3.63, 3.8) is 0 Å². The molecule has 3 N–H and O–H groups in total. The number of aliphatic hydroxyl groups is 1. The van der Waals surface area contributed by atoms with Gasteiger partial charge in [0.25, 0.3) is 0 Å². The van der Waals surface area contributed by atoms with Gasteiger partial charge in [0, 0.05) is 15.8 Å². The summed E-state index contributed by atoms with van der Waals surface area (Å²) in [7, 11) is 0. The molecule has 2 rings (SSSR count). The molecule has 0 aliphatic rings. The van der Waals surface area contributed by atoms with Crippen molar-refractivity contribution in [2.75, 3.05) is 10.6 Å². The smallest absolute Gasteiger partial charge is 0.323 e. The maximum absolute atomic E-state index is 12.0. The molecule has 0 bridgehead atoms. The Morgan fingerprint density at radius 1 is 1.14 bits per heavy atom. The number of carbonyl (C=O) groups is 1. The molecule has 0 radical (unpaired) electrons. The van der Waals surface area contributed by atoms with Crippen LogP contribution in [0.25, 0.3) is 0 Å². The van der Waals surface area contributed by atoms with E-state index in [4.69, 9.17) is 0 Å². The molecule has 1 atom stereocenters. The molecule has 0 heterocycles. The molecule has 0 fully saturated rings. The van der Waals surface area contributed by atoms with Crippen molar-refractivity contribution in [1.82, 2.24) is 0 Å². The van der Waals surface area contributed by atoms with E-state index in [0.717, 1.165) is 21.3 Å². The maximum atomic E-state index is 12.0. The second-order valence-corrected chi connectivity index (χ2v) is 5.75. The first-order valence-corrected chi connectivity index (χ1v) is 7.37. The van der Waals surface area contributed by atoms with E-state index in [1.807, 2.05) is 25.1 Å². The fraction of sp³-hybridized carbons (Fsp3) is 0.188. The highest BCUT2D eigenvalue weighted by molar-refractivity contribution is 9.10. The number of urea groups is 1. The van der Waals surface area contributed by atoms with E-state index in [1.54, 1.807) is 31.2 Å². The van der Waals surface area contributed by atoms with E-state index in [2.05, 4.69) is 26.6 Å². The molecule has 0 aliphatic carbocycles. The minimum atomic E-state index is -0.515. The lowest BCUT2D eigenvalue weighted by Crippen LogP contribution is -2.19. The molecule has 2 amide bonds. The topological polar surface area (TPSA) is 61.4 Å². The van der Waals surface area contributed by atoms with Crippen molar-refractivity contribution >= 4 is 33.3 Å². The van der Waals surface area contributed by atoms with Crippen LogP contribution in [0.2, 0.25) is 0 Å². The van der Waals surface area contributed by atoms with E-state index < -0.39 is 6.10 Å². The Kier molecular flexibility index (Phi) is 4.98. The van der Waals surface area contributed by atoms with Gasteiger partial charge in [0.2, 0.25) is 0 Å². The number of hydrogen-bond acceptors (Lipinski definition) is 2. The monoisotopic (exact) mass is 348 g/mol. The van der Waals surface area contributed by atoms with Crippen molar-refractivity contribution in [3.05, 3.63) is 58.1 Å². The third-order valence-corrected chi connectivity index (χ3v) is 3.58. The van der Waals surface area contributed by atoms with Crippen LogP contribution in [-0.2, 0) is 0 Å². The second kappa shape index (κ2) is 6.74. The fourth-order valence-electron chi connectivity index (χ4n) is 1.90. The molecule has 2 aromatic carbocycles. The summed E-state index contributed by atoms with van der Waals surface area (Å²) >= 11 is 3.39. The molecule has 2 aromatic rings. The van der Waals surface area contributed by atoms with Crippen molar-refractivity contribution in [3.8, 4) is 0 Å². The van der Waals surface area contributed by atoms with Crippen LogP contribution in [0.5, 0.6) is 0 Å². The molecule has 0 spiro atoms. The van der Waals surface area contributed by atoms with Gasteiger partial charge < -0.3 is 15.7 Å². The highest BCUT2D eigenvalue weighted by Gasteiger charge is 2.06. The van der Waals surface area contributed by atoms with Gasteiger partial charge in [0.1, 0.15) is 0 Å². The van der Waals surface area contributed by atoms with E-state index in [0.29, 0.717) is 5.69 Å². The molecule has 21 heavy (non-hydrogen) atoms. The van der Waals surface area contributed by atoms with Gasteiger partial charge in [-0.1, -0.05) is 28.1 Å². The normalized spacial score (nSPS) is 11.8. The number of amides is 2. The van der Waals surface area contributed by atoms with E-state index in [-0.39, 0.29) is 6.03 Å². The number of rotatable bonds is 3. The van der Waals surface area contributed by atoms with Gasteiger partial charge in [-0.2, -0.15) is 0 Å². The van der Waals surface area contributed by atoms with Crippen LogP contribution in [0.1, 0.15) is 24.2 Å². The van der Waals surface area contributed by atoms with Crippen molar-refractivity contribution in [1.29, 1.82) is 0 Å². The van der Waals surface area contributed by atoms with E-state index >= 15 is 0 Å². The first-order valence-electron chi connectivity index (χ1n) is 6.58. The van der Waals surface area contributed by atoms with Crippen LogP contribution in [0.3, 0.4) is 0 Å². The molecule has 110 valence electrons. The molecule has 0 aromatic heterocycles. The summed E-state index contributed by atoms with van der Waals surface area (Å²) in [5, 5.41) is 15.0. The number of aliphatic hydroxyl groups excluding tert-OH is 1. The Labute approximate surface area is 132 Å². The van der Waals surface area contributed by atoms with Gasteiger partial charge in [0.05, 0.1) is 6.10 Å². The number of nitrogens with one attached hydrogen (secondary N) is 2. The summed E-state index contributed by atoms with van der Waals surface area (Å²) in [6.07, 6.45) is -0.515. The maximum Gasteiger partial charge on any atom is 0.323 e. The minimum absolute atomic E-state index is 0.301. The summed E-state index contributed by atoms with van der Waals surface area (Å²) in [6, 6.07) is 12.4.